The van der Waals surface area contributed by atoms with Crippen LogP contribution in [0.2, 0.25) is 0 Å². The van der Waals surface area contributed by atoms with Crippen LogP contribution in [0.1, 0.15) is 23.9 Å². The Morgan fingerprint density at radius 1 is 1.32 bits per heavy atom. The summed E-state index contributed by atoms with van der Waals surface area (Å²) in [5, 5.41) is 2.96. The van der Waals surface area contributed by atoms with E-state index in [-0.39, 0.29) is 11.6 Å². The van der Waals surface area contributed by atoms with Crippen LogP contribution < -0.4 is 5.32 Å². The standard InChI is InChI=1S/C14H17F2N3/c1-17-12(6-7-13-18-8-9-19(13)2)14-10(15)4-3-5-11(14)16/h3-5,8-9,12,17H,6-7H2,1-2H3. The third-order valence-corrected chi connectivity index (χ3v) is 3.27. The molecule has 1 N–H and O–H groups in total. The van der Waals surface area contributed by atoms with Gasteiger partial charge in [0.15, 0.2) is 0 Å². The number of imidazole rings is 1. The molecule has 2 rings (SSSR count). The molecule has 1 atom stereocenters. The Balaban J connectivity index is 2.15. The van der Waals surface area contributed by atoms with Crippen LogP contribution >= 0.6 is 0 Å². The van der Waals surface area contributed by atoms with Gasteiger partial charge in [-0.3, -0.25) is 0 Å². The molecule has 1 aromatic carbocycles. The molecule has 1 heterocycles. The second kappa shape index (κ2) is 5.93. The molecule has 0 aliphatic rings. The molecule has 0 saturated carbocycles. The first-order chi connectivity index (χ1) is 9.13. The largest absolute Gasteiger partial charge is 0.338 e. The van der Waals surface area contributed by atoms with Crippen molar-refractivity contribution >= 4 is 0 Å². The smallest absolute Gasteiger partial charge is 0.130 e. The Labute approximate surface area is 111 Å². The maximum atomic E-state index is 13.7. The minimum Gasteiger partial charge on any atom is -0.338 e. The highest BCUT2D eigenvalue weighted by atomic mass is 19.1. The number of benzene rings is 1. The van der Waals surface area contributed by atoms with Gasteiger partial charge in [-0.15, -0.1) is 0 Å². The van der Waals surface area contributed by atoms with E-state index in [4.69, 9.17) is 0 Å². The van der Waals surface area contributed by atoms with Gasteiger partial charge in [0, 0.05) is 37.5 Å². The predicted molar refractivity (Wildman–Crippen MR) is 69.7 cm³/mol. The summed E-state index contributed by atoms with van der Waals surface area (Å²) in [7, 11) is 3.61. The van der Waals surface area contributed by atoms with E-state index < -0.39 is 11.6 Å². The molecule has 19 heavy (non-hydrogen) atoms. The van der Waals surface area contributed by atoms with Crippen molar-refractivity contribution in [3.05, 3.63) is 53.6 Å². The maximum absolute atomic E-state index is 13.7. The highest BCUT2D eigenvalue weighted by Crippen LogP contribution is 2.24. The van der Waals surface area contributed by atoms with Crippen LogP contribution in [0.15, 0.2) is 30.6 Å². The van der Waals surface area contributed by atoms with Crippen molar-refractivity contribution in [2.24, 2.45) is 7.05 Å². The highest BCUT2D eigenvalue weighted by Gasteiger charge is 2.18. The van der Waals surface area contributed by atoms with Crippen LogP contribution in [-0.2, 0) is 13.5 Å². The number of halogens is 2. The molecule has 102 valence electrons. The fourth-order valence-corrected chi connectivity index (χ4v) is 2.19. The van der Waals surface area contributed by atoms with Crippen molar-refractivity contribution in [1.29, 1.82) is 0 Å². The highest BCUT2D eigenvalue weighted by molar-refractivity contribution is 5.23. The number of hydrogen-bond donors (Lipinski definition) is 1. The van der Waals surface area contributed by atoms with Crippen molar-refractivity contribution in [1.82, 2.24) is 14.9 Å². The fraction of sp³-hybridized carbons (Fsp3) is 0.357. The lowest BCUT2D eigenvalue weighted by molar-refractivity contribution is 0.466. The minimum absolute atomic E-state index is 0.0965. The molecule has 0 fully saturated rings. The minimum atomic E-state index is -0.515. The van der Waals surface area contributed by atoms with E-state index >= 15 is 0 Å². The molecular weight excluding hydrogens is 248 g/mol. The van der Waals surface area contributed by atoms with E-state index in [0.29, 0.717) is 12.8 Å². The zero-order chi connectivity index (χ0) is 13.8. The number of aromatic nitrogens is 2. The van der Waals surface area contributed by atoms with Gasteiger partial charge in [0.05, 0.1) is 0 Å². The van der Waals surface area contributed by atoms with Gasteiger partial charge in [-0.2, -0.15) is 0 Å². The van der Waals surface area contributed by atoms with E-state index in [1.807, 2.05) is 17.8 Å². The summed E-state index contributed by atoms with van der Waals surface area (Å²) in [5.41, 5.74) is 0.0965. The second-order valence-electron chi connectivity index (χ2n) is 4.47. The molecule has 5 heteroatoms. The zero-order valence-electron chi connectivity index (χ0n) is 11.0. The molecule has 0 amide bonds. The first-order valence-electron chi connectivity index (χ1n) is 6.21. The zero-order valence-corrected chi connectivity index (χ0v) is 11.0. The van der Waals surface area contributed by atoms with Crippen LogP contribution in [0.3, 0.4) is 0 Å². The fourth-order valence-electron chi connectivity index (χ4n) is 2.19. The lowest BCUT2D eigenvalue weighted by Crippen LogP contribution is -2.20. The Hall–Kier alpha value is -1.75. The lowest BCUT2D eigenvalue weighted by Gasteiger charge is -2.17. The molecule has 3 nitrogen and oxygen atoms in total. The Bertz CT molecular complexity index is 531. The second-order valence-corrected chi connectivity index (χ2v) is 4.47. The van der Waals surface area contributed by atoms with Crippen molar-refractivity contribution in [2.45, 2.75) is 18.9 Å². The molecule has 0 aliphatic heterocycles. The SMILES string of the molecule is CNC(CCc1nccn1C)c1c(F)cccc1F. The van der Waals surface area contributed by atoms with Crippen LogP contribution in [0, 0.1) is 11.6 Å². The van der Waals surface area contributed by atoms with Gasteiger partial charge in [0.1, 0.15) is 17.5 Å². The summed E-state index contributed by atoms with van der Waals surface area (Å²) in [6.45, 7) is 0. The maximum Gasteiger partial charge on any atom is 0.130 e. The van der Waals surface area contributed by atoms with Gasteiger partial charge in [0.25, 0.3) is 0 Å². The molecule has 0 saturated heterocycles. The van der Waals surface area contributed by atoms with Crippen LogP contribution in [0.4, 0.5) is 8.78 Å². The topological polar surface area (TPSA) is 29.9 Å². The summed E-state index contributed by atoms with van der Waals surface area (Å²) in [5.74, 6) is -0.129. The number of nitrogens with zero attached hydrogens (tertiary/aromatic N) is 2. The molecule has 0 aliphatic carbocycles. The molecule has 0 spiro atoms. The molecular formula is C14H17F2N3. The number of rotatable bonds is 5. The molecule has 0 bridgehead atoms. The number of hydrogen-bond acceptors (Lipinski definition) is 2. The summed E-state index contributed by atoms with van der Waals surface area (Å²) >= 11 is 0. The monoisotopic (exact) mass is 265 g/mol. The van der Waals surface area contributed by atoms with E-state index in [2.05, 4.69) is 10.3 Å². The quantitative estimate of drug-likeness (QED) is 0.900. The average Bonchev–Trinajstić information content (AvgIpc) is 2.78. The van der Waals surface area contributed by atoms with Crippen molar-refractivity contribution in [3.8, 4) is 0 Å². The normalized spacial score (nSPS) is 12.6. The van der Waals surface area contributed by atoms with Crippen molar-refractivity contribution in [3.63, 3.8) is 0 Å². The third kappa shape index (κ3) is 2.98. The third-order valence-electron chi connectivity index (χ3n) is 3.27. The Morgan fingerprint density at radius 3 is 2.53 bits per heavy atom. The van der Waals surface area contributed by atoms with Crippen LogP contribution in [0.25, 0.3) is 0 Å². The van der Waals surface area contributed by atoms with Crippen LogP contribution in [0.5, 0.6) is 0 Å². The van der Waals surface area contributed by atoms with Crippen molar-refractivity contribution in [2.75, 3.05) is 7.05 Å². The van der Waals surface area contributed by atoms with Gasteiger partial charge < -0.3 is 9.88 Å². The van der Waals surface area contributed by atoms with Gasteiger partial charge >= 0.3 is 0 Å². The molecule has 1 unspecified atom stereocenters. The summed E-state index contributed by atoms with van der Waals surface area (Å²) in [6.07, 6.45) is 4.81. The Morgan fingerprint density at radius 2 is 2.00 bits per heavy atom. The van der Waals surface area contributed by atoms with E-state index in [1.165, 1.54) is 18.2 Å². The first kappa shape index (κ1) is 13.7. The summed E-state index contributed by atoms with van der Waals surface area (Å²) in [4.78, 5) is 4.21. The lowest BCUT2D eigenvalue weighted by atomic mass is 10.0. The van der Waals surface area contributed by atoms with Gasteiger partial charge in [-0.25, -0.2) is 13.8 Å². The molecule has 1 aromatic heterocycles. The Kier molecular flexibility index (Phi) is 4.27. The summed E-state index contributed by atoms with van der Waals surface area (Å²) < 4.78 is 29.4. The van der Waals surface area contributed by atoms with E-state index in [1.54, 1.807) is 13.2 Å². The molecule has 2 aromatic rings. The van der Waals surface area contributed by atoms with Gasteiger partial charge in [-0.1, -0.05) is 6.07 Å². The number of aryl methyl sites for hydroxylation is 2. The number of nitrogens with one attached hydrogen (secondary N) is 1. The van der Waals surface area contributed by atoms with Crippen LogP contribution in [-0.4, -0.2) is 16.6 Å². The first-order valence-corrected chi connectivity index (χ1v) is 6.21. The van der Waals surface area contributed by atoms with Crippen molar-refractivity contribution < 1.29 is 8.78 Å². The summed E-state index contributed by atoms with van der Waals surface area (Å²) in [6, 6.07) is 3.57. The average molecular weight is 265 g/mol. The molecule has 0 radical (unpaired) electrons. The van der Waals surface area contributed by atoms with E-state index in [9.17, 15) is 8.78 Å². The van der Waals surface area contributed by atoms with Gasteiger partial charge in [-0.05, 0) is 25.6 Å². The van der Waals surface area contributed by atoms with Gasteiger partial charge in [0.2, 0.25) is 0 Å². The predicted octanol–water partition coefficient (Wildman–Crippen LogP) is 2.59. The van der Waals surface area contributed by atoms with E-state index in [0.717, 1.165) is 5.82 Å².